The number of hydrogen-bond acceptors (Lipinski definition) is 4. The number of carbonyl (C=O) groups is 1. The number of benzene rings is 1. The molecule has 0 radical (unpaired) electrons. The Morgan fingerprint density at radius 3 is 2.00 bits per heavy atom. The minimum atomic E-state index is -0.279. The number of nitrogen functional groups attached to an aromatic ring is 1. The van der Waals surface area contributed by atoms with Crippen LogP contribution in [-0.2, 0) is 4.74 Å². The van der Waals surface area contributed by atoms with Crippen molar-refractivity contribution in [1.29, 1.82) is 0 Å². The average Bonchev–Trinajstić information content (AvgIpc) is 2.49. The zero-order chi connectivity index (χ0) is 15.3. The van der Waals surface area contributed by atoms with Crippen LogP contribution in [0.2, 0.25) is 0 Å². The molecule has 0 amide bonds. The number of unbranched alkanes of at least 4 members (excludes halogenated alkanes) is 7. The van der Waals surface area contributed by atoms with Crippen molar-refractivity contribution in [3.05, 3.63) is 29.8 Å². The molecule has 0 heterocycles. The van der Waals surface area contributed by atoms with Crippen LogP contribution >= 0.6 is 0 Å². The van der Waals surface area contributed by atoms with Crippen molar-refractivity contribution < 1.29 is 14.6 Å². The number of nitrogens with two attached hydrogens (primary N) is 1. The molecule has 4 nitrogen and oxygen atoms in total. The van der Waals surface area contributed by atoms with Crippen LogP contribution in [0.3, 0.4) is 0 Å². The predicted octanol–water partition coefficient (Wildman–Crippen LogP) is 3.54. The summed E-state index contributed by atoms with van der Waals surface area (Å²) in [5.74, 6) is -0.279. The fraction of sp³-hybridized carbons (Fsp3) is 0.588. The monoisotopic (exact) mass is 293 g/mol. The lowest BCUT2D eigenvalue weighted by molar-refractivity contribution is 0.0497. The molecule has 4 heteroatoms. The van der Waals surface area contributed by atoms with Crippen molar-refractivity contribution in [2.75, 3.05) is 18.9 Å². The molecular weight excluding hydrogens is 266 g/mol. The van der Waals surface area contributed by atoms with Crippen molar-refractivity contribution in [1.82, 2.24) is 0 Å². The van der Waals surface area contributed by atoms with E-state index in [2.05, 4.69) is 0 Å². The Bertz CT molecular complexity index is 390. The zero-order valence-electron chi connectivity index (χ0n) is 12.7. The molecule has 0 aliphatic carbocycles. The van der Waals surface area contributed by atoms with Crippen LogP contribution in [0.25, 0.3) is 0 Å². The standard InChI is InChI=1S/C17H27NO3/c18-16-11-9-15(10-12-16)17(20)21-14-8-6-4-2-1-3-5-7-13-19/h9-12,19H,1-8,13-14,18H2. The molecule has 1 aromatic carbocycles. The van der Waals surface area contributed by atoms with Gasteiger partial charge < -0.3 is 15.6 Å². The average molecular weight is 293 g/mol. The summed E-state index contributed by atoms with van der Waals surface area (Å²) in [6.07, 6.45) is 8.87. The van der Waals surface area contributed by atoms with E-state index in [-0.39, 0.29) is 5.97 Å². The molecular formula is C17H27NO3. The van der Waals surface area contributed by atoms with Gasteiger partial charge in [-0.3, -0.25) is 0 Å². The lowest BCUT2D eigenvalue weighted by atomic mass is 10.1. The van der Waals surface area contributed by atoms with Crippen molar-refractivity contribution >= 4 is 11.7 Å². The summed E-state index contributed by atoms with van der Waals surface area (Å²) in [4.78, 5) is 11.7. The van der Waals surface area contributed by atoms with Gasteiger partial charge in [-0.15, -0.1) is 0 Å². The number of hydrogen-bond donors (Lipinski definition) is 2. The maximum atomic E-state index is 11.7. The van der Waals surface area contributed by atoms with Crippen LogP contribution in [0.15, 0.2) is 24.3 Å². The van der Waals surface area contributed by atoms with E-state index >= 15 is 0 Å². The van der Waals surface area contributed by atoms with Gasteiger partial charge in [-0.05, 0) is 37.1 Å². The van der Waals surface area contributed by atoms with Crippen LogP contribution in [0, 0.1) is 0 Å². The summed E-state index contributed by atoms with van der Waals surface area (Å²) in [5.41, 5.74) is 6.76. The van der Waals surface area contributed by atoms with Gasteiger partial charge in [-0.25, -0.2) is 4.79 Å². The second kappa shape index (κ2) is 11.1. The van der Waals surface area contributed by atoms with Gasteiger partial charge in [-0.2, -0.15) is 0 Å². The van der Waals surface area contributed by atoms with Crippen molar-refractivity contribution in [2.24, 2.45) is 0 Å². The highest BCUT2D eigenvalue weighted by atomic mass is 16.5. The van der Waals surface area contributed by atoms with Gasteiger partial charge in [0, 0.05) is 12.3 Å². The van der Waals surface area contributed by atoms with Gasteiger partial charge >= 0.3 is 5.97 Å². The first-order valence-electron chi connectivity index (χ1n) is 7.87. The van der Waals surface area contributed by atoms with Crippen LogP contribution in [-0.4, -0.2) is 24.3 Å². The highest BCUT2D eigenvalue weighted by molar-refractivity contribution is 5.89. The molecule has 0 atom stereocenters. The molecule has 0 aromatic heterocycles. The molecule has 21 heavy (non-hydrogen) atoms. The van der Waals surface area contributed by atoms with Crippen molar-refractivity contribution in [2.45, 2.75) is 51.4 Å². The van der Waals surface area contributed by atoms with Gasteiger partial charge in [0.25, 0.3) is 0 Å². The lowest BCUT2D eigenvalue weighted by Gasteiger charge is -2.05. The van der Waals surface area contributed by atoms with Crippen molar-refractivity contribution in [3.8, 4) is 0 Å². The third-order valence-corrected chi connectivity index (χ3v) is 3.43. The summed E-state index contributed by atoms with van der Waals surface area (Å²) in [7, 11) is 0. The van der Waals surface area contributed by atoms with Gasteiger partial charge in [-0.1, -0.05) is 38.5 Å². The number of ether oxygens (including phenoxy) is 1. The van der Waals surface area contributed by atoms with E-state index in [0.717, 1.165) is 25.7 Å². The first-order valence-corrected chi connectivity index (χ1v) is 7.87. The number of carbonyl (C=O) groups excluding carboxylic acids is 1. The largest absolute Gasteiger partial charge is 0.462 e. The number of anilines is 1. The third kappa shape index (κ3) is 8.35. The predicted molar refractivity (Wildman–Crippen MR) is 85.2 cm³/mol. The van der Waals surface area contributed by atoms with Gasteiger partial charge in [0.1, 0.15) is 0 Å². The summed E-state index contributed by atoms with van der Waals surface area (Å²) in [6.45, 7) is 0.785. The molecule has 0 unspecified atom stereocenters. The number of aliphatic hydroxyl groups is 1. The minimum Gasteiger partial charge on any atom is -0.462 e. The highest BCUT2D eigenvalue weighted by Gasteiger charge is 2.05. The van der Waals surface area contributed by atoms with E-state index < -0.39 is 0 Å². The van der Waals surface area contributed by atoms with Gasteiger partial charge in [0.2, 0.25) is 0 Å². The van der Waals surface area contributed by atoms with E-state index in [1.165, 1.54) is 25.7 Å². The molecule has 0 saturated carbocycles. The molecule has 1 aromatic rings. The van der Waals surface area contributed by atoms with Crippen LogP contribution in [0.4, 0.5) is 5.69 Å². The number of esters is 1. The SMILES string of the molecule is Nc1ccc(C(=O)OCCCCCCCCCCO)cc1. The number of aliphatic hydroxyl groups excluding tert-OH is 1. The van der Waals surface area contributed by atoms with Gasteiger partial charge in [0.15, 0.2) is 0 Å². The Balaban J connectivity index is 1.96. The van der Waals surface area contributed by atoms with E-state index in [4.69, 9.17) is 15.6 Å². The van der Waals surface area contributed by atoms with E-state index in [9.17, 15) is 4.79 Å². The maximum absolute atomic E-state index is 11.7. The quantitative estimate of drug-likeness (QED) is 0.372. The summed E-state index contributed by atoms with van der Waals surface area (Å²) >= 11 is 0. The molecule has 1 rings (SSSR count). The fourth-order valence-corrected chi connectivity index (χ4v) is 2.14. The normalized spacial score (nSPS) is 10.5. The van der Waals surface area contributed by atoms with Crippen molar-refractivity contribution in [3.63, 3.8) is 0 Å². The molecule has 3 N–H and O–H groups in total. The van der Waals surface area contributed by atoms with Crippen LogP contribution in [0.1, 0.15) is 61.7 Å². The topological polar surface area (TPSA) is 72.6 Å². The Hall–Kier alpha value is -1.55. The molecule has 0 fully saturated rings. The molecule has 0 saturated heterocycles. The smallest absolute Gasteiger partial charge is 0.338 e. The Morgan fingerprint density at radius 1 is 0.905 bits per heavy atom. The Labute approximate surface area is 127 Å². The first-order chi connectivity index (χ1) is 10.2. The van der Waals surface area contributed by atoms with E-state index in [1.54, 1.807) is 24.3 Å². The Morgan fingerprint density at radius 2 is 1.43 bits per heavy atom. The highest BCUT2D eigenvalue weighted by Crippen LogP contribution is 2.10. The molecule has 0 bridgehead atoms. The minimum absolute atomic E-state index is 0.279. The zero-order valence-corrected chi connectivity index (χ0v) is 12.7. The van der Waals surface area contributed by atoms with E-state index in [0.29, 0.717) is 24.5 Å². The molecule has 0 aliphatic rings. The Kier molecular flexibility index (Phi) is 9.29. The van der Waals surface area contributed by atoms with Crippen LogP contribution in [0.5, 0.6) is 0 Å². The number of rotatable bonds is 11. The second-order valence-corrected chi connectivity index (χ2v) is 5.31. The van der Waals surface area contributed by atoms with E-state index in [1.807, 2.05) is 0 Å². The van der Waals surface area contributed by atoms with Crippen LogP contribution < -0.4 is 5.73 Å². The summed E-state index contributed by atoms with van der Waals surface area (Å²) in [6, 6.07) is 6.77. The first kappa shape index (κ1) is 17.5. The second-order valence-electron chi connectivity index (χ2n) is 5.31. The fourth-order valence-electron chi connectivity index (χ4n) is 2.14. The summed E-state index contributed by atoms with van der Waals surface area (Å²) < 4.78 is 5.22. The molecule has 118 valence electrons. The maximum Gasteiger partial charge on any atom is 0.338 e. The lowest BCUT2D eigenvalue weighted by Crippen LogP contribution is -2.06. The van der Waals surface area contributed by atoms with Gasteiger partial charge in [0.05, 0.1) is 12.2 Å². The third-order valence-electron chi connectivity index (χ3n) is 3.43. The molecule has 0 spiro atoms. The summed E-state index contributed by atoms with van der Waals surface area (Å²) in [5, 5.41) is 8.66. The molecule has 0 aliphatic heterocycles.